The molecule has 0 aromatic carbocycles. The zero-order chi connectivity index (χ0) is 14.4. The molecule has 1 aliphatic carbocycles. The fraction of sp³-hybridized carbons (Fsp3) is 0.750. The van der Waals surface area contributed by atoms with Crippen LogP contribution in [-0.2, 0) is 0 Å². The molecule has 20 heavy (non-hydrogen) atoms. The Morgan fingerprint density at radius 3 is 2.90 bits per heavy atom. The van der Waals surface area contributed by atoms with Crippen LogP contribution in [0.5, 0.6) is 5.88 Å². The average molecular weight is 277 g/mol. The first kappa shape index (κ1) is 15.1. The molecule has 4 heteroatoms. The number of anilines is 1. The van der Waals surface area contributed by atoms with Crippen molar-refractivity contribution < 1.29 is 4.74 Å². The molecule has 0 saturated heterocycles. The Hall–Kier alpha value is -1.32. The number of aromatic nitrogens is 2. The van der Waals surface area contributed by atoms with Crippen molar-refractivity contribution in [1.82, 2.24) is 9.97 Å². The van der Waals surface area contributed by atoms with Crippen LogP contribution >= 0.6 is 0 Å². The van der Waals surface area contributed by atoms with Crippen LogP contribution in [0.2, 0.25) is 0 Å². The van der Waals surface area contributed by atoms with E-state index >= 15 is 0 Å². The van der Waals surface area contributed by atoms with E-state index in [-0.39, 0.29) is 0 Å². The number of nitrogens with zero attached hydrogens (tertiary/aromatic N) is 2. The van der Waals surface area contributed by atoms with E-state index in [0.717, 1.165) is 24.0 Å². The molecule has 0 bridgehead atoms. The molecular formula is C16H27N3O. The second kappa shape index (κ2) is 7.46. The van der Waals surface area contributed by atoms with E-state index in [1.165, 1.54) is 32.1 Å². The highest BCUT2D eigenvalue weighted by Gasteiger charge is 2.21. The molecule has 112 valence electrons. The van der Waals surface area contributed by atoms with E-state index in [2.05, 4.69) is 29.1 Å². The lowest BCUT2D eigenvalue weighted by Gasteiger charge is -2.29. The molecule has 0 spiro atoms. The molecule has 4 nitrogen and oxygen atoms in total. The normalized spacial score (nSPS) is 22.6. The van der Waals surface area contributed by atoms with E-state index in [0.29, 0.717) is 18.5 Å². The zero-order valence-electron chi connectivity index (χ0n) is 13.0. The Labute approximate surface area is 122 Å². The van der Waals surface area contributed by atoms with Gasteiger partial charge in [0.05, 0.1) is 6.61 Å². The van der Waals surface area contributed by atoms with E-state index in [1.54, 1.807) is 0 Å². The number of aryl methyl sites for hydroxylation is 1. The Bertz CT molecular complexity index is 422. The highest BCUT2D eigenvalue weighted by atomic mass is 16.5. The second-order valence-electron chi connectivity index (χ2n) is 5.80. The molecule has 1 aromatic rings. The Morgan fingerprint density at radius 1 is 1.30 bits per heavy atom. The quantitative estimate of drug-likeness (QED) is 0.855. The van der Waals surface area contributed by atoms with Crippen LogP contribution in [0.25, 0.3) is 0 Å². The van der Waals surface area contributed by atoms with Gasteiger partial charge >= 0.3 is 0 Å². The maximum atomic E-state index is 5.62. The Kier molecular flexibility index (Phi) is 5.62. The van der Waals surface area contributed by atoms with Crippen molar-refractivity contribution in [2.45, 2.75) is 65.3 Å². The lowest BCUT2D eigenvalue weighted by Crippen LogP contribution is -2.28. The third-order valence-electron chi connectivity index (χ3n) is 3.98. The summed E-state index contributed by atoms with van der Waals surface area (Å²) in [6, 6.07) is 2.41. The third-order valence-corrected chi connectivity index (χ3v) is 3.98. The Balaban J connectivity index is 1.99. The van der Waals surface area contributed by atoms with Gasteiger partial charge in [0.1, 0.15) is 0 Å². The van der Waals surface area contributed by atoms with Gasteiger partial charge in [-0.3, -0.25) is 0 Å². The summed E-state index contributed by atoms with van der Waals surface area (Å²) in [7, 11) is 0. The van der Waals surface area contributed by atoms with Crippen molar-refractivity contribution in [2.75, 3.05) is 11.9 Å². The molecule has 2 atom stereocenters. The zero-order valence-corrected chi connectivity index (χ0v) is 13.0. The number of rotatable bonds is 6. The molecule has 1 N–H and O–H groups in total. The fourth-order valence-corrected chi connectivity index (χ4v) is 2.86. The molecule has 2 rings (SSSR count). The highest BCUT2D eigenvalue weighted by molar-refractivity contribution is 5.31. The van der Waals surface area contributed by atoms with Gasteiger partial charge in [-0.05, 0) is 32.1 Å². The largest absolute Gasteiger partial charge is 0.478 e. The third kappa shape index (κ3) is 4.36. The van der Waals surface area contributed by atoms with Crippen LogP contribution < -0.4 is 10.1 Å². The van der Waals surface area contributed by atoms with Crippen LogP contribution in [0.15, 0.2) is 6.07 Å². The molecule has 0 amide bonds. The predicted octanol–water partition coefficient (Wildman–Crippen LogP) is 3.95. The van der Waals surface area contributed by atoms with E-state index in [4.69, 9.17) is 4.74 Å². The van der Waals surface area contributed by atoms with Gasteiger partial charge in [0, 0.05) is 17.8 Å². The number of nitrogens with one attached hydrogen (secondary N) is 1. The van der Waals surface area contributed by atoms with E-state index < -0.39 is 0 Å². The number of hydrogen-bond donors (Lipinski definition) is 1. The number of ether oxygens (including phenoxy) is 1. The molecule has 1 heterocycles. The van der Waals surface area contributed by atoms with Crippen LogP contribution in [0, 0.1) is 12.8 Å². The number of hydrogen-bond acceptors (Lipinski definition) is 4. The lowest BCUT2D eigenvalue weighted by molar-refractivity contribution is 0.303. The fourth-order valence-electron chi connectivity index (χ4n) is 2.86. The summed E-state index contributed by atoms with van der Waals surface area (Å²) >= 11 is 0. The SMILES string of the molecule is CCCOc1cc(C)nc(NC2CCCC(CC)C2)n1. The van der Waals surface area contributed by atoms with Gasteiger partial charge in [-0.1, -0.05) is 33.1 Å². The van der Waals surface area contributed by atoms with Gasteiger partial charge in [0.15, 0.2) is 0 Å². The van der Waals surface area contributed by atoms with E-state index in [9.17, 15) is 0 Å². The van der Waals surface area contributed by atoms with Crippen molar-refractivity contribution >= 4 is 5.95 Å². The van der Waals surface area contributed by atoms with Crippen molar-refractivity contribution in [3.8, 4) is 5.88 Å². The van der Waals surface area contributed by atoms with Crippen LogP contribution in [-0.4, -0.2) is 22.6 Å². The van der Waals surface area contributed by atoms with Crippen molar-refractivity contribution in [2.24, 2.45) is 5.92 Å². The minimum atomic E-state index is 0.509. The first-order valence-electron chi connectivity index (χ1n) is 7.96. The van der Waals surface area contributed by atoms with Gasteiger partial charge in [-0.25, -0.2) is 4.98 Å². The van der Waals surface area contributed by atoms with Gasteiger partial charge in [-0.2, -0.15) is 4.98 Å². The lowest BCUT2D eigenvalue weighted by atomic mass is 9.84. The molecule has 2 unspecified atom stereocenters. The second-order valence-corrected chi connectivity index (χ2v) is 5.80. The molecule has 1 aromatic heterocycles. The minimum Gasteiger partial charge on any atom is -0.478 e. The summed E-state index contributed by atoms with van der Waals surface area (Å²) in [5, 5.41) is 3.50. The first-order chi connectivity index (χ1) is 9.71. The van der Waals surface area contributed by atoms with E-state index in [1.807, 2.05) is 13.0 Å². The summed E-state index contributed by atoms with van der Waals surface area (Å²) in [6.45, 7) is 7.08. The predicted molar refractivity (Wildman–Crippen MR) is 82.2 cm³/mol. The average Bonchev–Trinajstić information content (AvgIpc) is 2.44. The molecule has 1 saturated carbocycles. The molecule has 0 aliphatic heterocycles. The summed E-state index contributed by atoms with van der Waals surface area (Å²) < 4.78 is 5.62. The minimum absolute atomic E-state index is 0.509. The molecular weight excluding hydrogens is 250 g/mol. The Morgan fingerprint density at radius 2 is 2.15 bits per heavy atom. The van der Waals surface area contributed by atoms with Crippen molar-refractivity contribution in [3.05, 3.63) is 11.8 Å². The maximum absolute atomic E-state index is 5.62. The summed E-state index contributed by atoms with van der Waals surface area (Å²) in [6.07, 6.45) is 7.40. The van der Waals surface area contributed by atoms with Crippen molar-refractivity contribution in [1.29, 1.82) is 0 Å². The summed E-state index contributed by atoms with van der Waals surface area (Å²) in [5.74, 6) is 2.25. The first-order valence-corrected chi connectivity index (χ1v) is 7.96. The van der Waals surface area contributed by atoms with Crippen LogP contribution in [0.4, 0.5) is 5.95 Å². The summed E-state index contributed by atoms with van der Waals surface area (Å²) in [5.41, 5.74) is 0.955. The van der Waals surface area contributed by atoms with Gasteiger partial charge in [0.25, 0.3) is 0 Å². The smallest absolute Gasteiger partial charge is 0.226 e. The van der Waals surface area contributed by atoms with Crippen LogP contribution in [0.3, 0.4) is 0 Å². The molecule has 0 radical (unpaired) electrons. The monoisotopic (exact) mass is 277 g/mol. The van der Waals surface area contributed by atoms with Gasteiger partial charge in [0.2, 0.25) is 11.8 Å². The maximum Gasteiger partial charge on any atom is 0.226 e. The highest BCUT2D eigenvalue weighted by Crippen LogP contribution is 2.28. The standard InChI is InChI=1S/C16H27N3O/c1-4-9-20-15-10-12(3)17-16(19-15)18-14-8-6-7-13(5-2)11-14/h10,13-14H,4-9,11H2,1-3H3,(H,17,18,19). The molecule has 1 aliphatic rings. The van der Waals surface area contributed by atoms with Gasteiger partial charge in [-0.15, -0.1) is 0 Å². The molecule has 1 fully saturated rings. The van der Waals surface area contributed by atoms with Crippen LogP contribution in [0.1, 0.15) is 58.1 Å². The van der Waals surface area contributed by atoms with Crippen molar-refractivity contribution in [3.63, 3.8) is 0 Å². The summed E-state index contributed by atoms with van der Waals surface area (Å²) in [4.78, 5) is 8.96. The van der Waals surface area contributed by atoms with Gasteiger partial charge < -0.3 is 10.1 Å². The topological polar surface area (TPSA) is 47.0 Å².